The van der Waals surface area contributed by atoms with Gasteiger partial charge in [0.2, 0.25) is 0 Å². The lowest BCUT2D eigenvalue weighted by Crippen LogP contribution is -2.15. The van der Waals surface area contributed by atoms with E-state index in [4.69, 9.17) is 0 Å². The second-order valence-corrected chi connectivity index (χ2v) is 3.78. The first-order valence-corrected chi connectivity index (χ1v) is 5.03. The van der Waals surface area contributed by atoms with Crippen molar-refractivity contribution in [1.29, 1.82) is 0 Å². The second kappa shape index (κ2) is 3.82. The molecular weight excluding hydrogens is 192 g/mol. The Bertz CT molecular complexity index is 388. The first-order chi connectivity index (χ1) is 5.99. The highest BCUT2D eigenvalue weighted by Crippen LogP contribution is 2.06. The van der Waals surface area contributed by atoms with E-state index in [0.717, 1.165) is 5.56 Å². The number of rotatable bonds is 3. The van der Waals surface area contributed by atoms with Gasteiger partial charge >= 0.3 is 10.3 Å². The first-order valence-electron chi connectivity index (χ1n) is 3.56. The molecule has 1 rings (SSSR count). The summed E-state index contributed by atoms with van der Waals surface area (Å²) < 4.78 is 25.3. The van der Waals surface area contributed by atoms with Crippen LogP contribution in [0.1, 0.15) is 11.1 Å². The summed E-state index contributed by atoms with van der Waals surface area (Å²) in [4.78, 5) is 3.83. The number of aryl methyl sites for hydroxylation is 1. The lowest BCUT2D eigenvalue weighted by atomic mass is 10.2. The van der Waals surface area contributed by atoms with Crippen LogP contribution < -0.4 is 5.14 Å². The molecule has 13 heavy (non-hydrogen) atoms. The van der Waals surface area contributed by atoms with Crippen molar-refractivity contribution in [2.75, 3.05) is 0 Å². The van der Waals surface area contributed by atoms with Crippen LogP contribution in [0.3, 0.4) is 0 Å². The van der Waals surface area contributed by atoms with Gasteiger partial charge in [-0.2, -0.15) is 8.42 Å². The van der Waals surface area contributed by atoms with E-state index < -0.39 is 10.3 Å². The van der Waals surface area contributed by atoms with Crippen molar-refractivity contribution in [1.82, 2.24) is 4.98 Å². The van der Waals surface area contributed by atoms with Crippen molar-refractivity contribution in [3.63, 3.8) is 0 Å². The molecule has 0 bridgehead atoms. The van der Waals surface area contributed by atoms with Crippen molar-refractivity contribution in [2.45, 2.75) is 13.5 Å². The molecule has 0 aromatic carbocycles. The van der Waals surface area contributed by atoms with Gasteiger partial charge in [0, 0.05) is 18.0 Å². The van der Waals surface area contributed by atoms with Crippen molar-refractivity contribution in [2.24, 2.45) is 5.14 Å². The van der Waals surface area contributed by atoms with E-state index in [1.54, 1.807) is 18.5 Å². The monoisotopic (exact) mass is 202 g/mol. The zero-order valence-electron chi connectivity index (χ0n) is 7.10. The normalized spacial score (nSPS) is 11.5. The van der Waals surface area contributed by atoms with Crippen LogP contribution in [-0.4, -0.2) is 13.4 Å². The van der Waals surface area contributed by atoms with Crippen LogP contribution in [0.25, 0.3) is 0 Å². The average Bonchev–Trinajstić information content (AvgIpc) is 2.01. The van der Waals surface area contributed by atoms with E-state index in [1.807, 2.05) is 6.92 Å². The molecule has 0 saturated carbocycles. The molecule has 1 heterocycles. The van der Waals surface area contributed by atoms with Crippen LogP contribution in [0, 0.1) is 6.92 Å². The van der Waals surface area contributed by atoms with E-state index in [0.29, 0.717) is 5.56 Å². The highest BCUT2D eigenvalue weighted by Gasteiger charge is 2.04. The maximum absolute atomic E-state index is 10.5. The summed E-state index contributed by atoms with van der Waals surface area (Å²) in [6.45, 7) is 1.77. The summed E-state index contributed by atoms with van der Waals surface area (Å²) in [5.74, 6) is 0. The number of nitrogens with two attached hydrogens (primary N) is 1. The second-order valence-electron chi connectivity index (χ2n) is 2.56. The first kappa shape index (κ1) is 10.1. The highest BCUT2D eigenvalue weighted by atomic mass is 32.2. The van der Waals surface area contributed by atoms with E-state index in [9.17, 15) is 8.42 Å². The molecule has 0 amide bonds. The van der Waals surface area contributed by atoms with Crippen LogP contribution in [0.4, 0.5) is 0 Å². The molecule has 0 fully saturated rings. The summed E-state index contributed by atoms with van der Waals surface area (Å²) in [7, 11) is -3.87. The SMILES string of the molecule is Cc1ccncc1COS(N)(=O)=O. The Hall–Kier alpha value is -0.980. The van der Waals surface area contributed by atoms with Gasteiger partial charge < -0.3 is 0 Å². The summed E-state index contributed by atoms with van der Waals surface area (Å²) in [5.41, 5.74) is 1.62. The van der Waals surface area contributed by atoms with Crippen LogP contribution in [0.15, 0.2) is 18.5 Å². The fourth-order valence-corrected chi connectivity index (χ4v) is 1.08. The molecule has 0 radical (unpaired) electrons. The van der Waals surface area contributed by atoms with E-state index >= 15 is 0 Å². The minimum atomic E-state index is -3.87. The zero-order valence-corrected chi connectivity index (χ0v) is 7.91. The zero-order chi connectivity index (χ0) is 9.90. The molecule has 0 spiro atoms. The molecule has 72 valence electrons. The molecule has 0 saturated heterocycles. The van der Waals surface area contributed by atoms with Gasteiger partial charge in [-0.1, -0.05) is 0 Å². The minimum absolute atomic E-state index is 0.0709. The molecular formula is C7H10N2O3S. The fraction of sp³-hybridized carbons (Fsp3) is 0.286. The van der Waals surface area contributed by atoms with Crippen LogP contribution in [-0.2, 0) is 21.1 Å². The standard InChI is InChI=1S/C7H10N2O3S/c1-6-2-3-9-4-7(6)5-12-13(8,10)11/h2-4H,5H2,1H3,(H2,8,10,11). The van der Waals surface area contributed by atoms with Crippen molar-refractivity contribution in [3.05, 3.63) is 29.6 Å². The minimum Gasteiger partial charge on any atom is -0.264 e. The Morgan fingerprint density at radius 3 is 2.85 bits per heavy atom. The number of aromatic nitrogens is 1. The summed E-state index contributed by atoms with van der Waals surface area (Å²) in [6, 6.07) is 1.77. The smallest absolute Gasteiger partial charge is 0.264 e. The largest absolute Gasteiger partial charge is 0.333 e. The molecule has 0 atom stereocenters. The quantitative estimate of drug-likeness (QED) is 0.754. The van der Waals surface area contributed by atoms with Gasteiger partial charge in [0.25, 0.3) is 0 Å². The third-order valence-electron chi connectivity index (χ3n) is 1.53. The van der Waals surface area contributed by atoms with Crippen molar-refractivity contribution >= 4 is 10.3 Å². The Morgan fingerprint density at radius 1 is 1.62 bits per heavy atom. The molecule has 0 aliphatic rings. The van der Waals surface area contributed by atoms with Gasteiger partial charge in [-0.25, -0.2) is 5.14 Å². The predicted octanol–water partition coefficient (Wildman–Crippen LogP) is 0.110. The van der Waals surface area contributed by atoms with E-state index in [1.165, 1.54) is 0 Å². The predicted molar refractivity (Wildman–Crippen MR) is 46.9 cm³/mol. The Kier molecular flexibility index (Phi) is 2.97. The molecule has 6 heteroatoms. The van der Waals surface area contributed by atoms with E-state index in [-0.39, 0.29) is 6.61 Å². The van der Waals surface area contributed by atoms with Crippen LogP contribution >= 0.6 is 0 Å². The maximum atomic E-state index is 10.5. The summed E-state index contributed by atoms with van der Waals surface area (Å²) in [5, 5.41) is 4.66. The lowest BCUT2D eigenvalue weighted by Gasteiger charge is -2.03. The van der Waals surface area contributed by atoms with Gasteiger partial charge in [0.05, 0.1) is 6.61 Å². The van der Waals surface area contributed by atoms with Crippen molar-refractivity contribution in [3.8, 4) is 0 Å². The van der Waals surface area contributed by atoms with Crippen LogP contribution in [0.5, 0.6) is 0 Å². The number of hydrogen-bond donors (Lipinski definition) is 1. The number of hydrogen-bond acceptors (Lipinski definition) is 4. The molecule has 0 aliphatic heterocycles. The molecule has 2 N–H and O–H groups in total. The number of nitrogens with zero attached hydrogens (tertiary/aromatic N) is 1. The fourth-order valence-electron chi connectivity index (χ4n) is 0.793. The van der Waals surface area contributed by atoms with Gasteiger partial charge in [0.1, 0.15) is 0 Å². The average molecular weight is 202 g/mol. The maximum Gasteiger partial charge on any atom is 0.333 e. The summed E-state index contributed by atoms with van der Waals surface area (Å²) in [6.07, 6.45) is 3.16. The number of pyridine rings is 1. The lowest BCUT2D eigenvalue weighted by molar-refractivity contribution is 0.307. The Labute approximate surface area is 76.8 Å². The highest BCUT2D eigenvalue weighted by molar-refractivity contribution is 7.84. The third-order valence-corrected chi connectivity index (χ3v) is 1.97. The van der Waals surface area contributed by atoms with Gasteiger partial charge in [-0.05, 0) is 18.6 Å². The molecule has 1 aromatic heterocycles. The Morgan fingerprint density at radius 2 is 2.31 bits per heavy atom. The van der Waals surface area contributed by atoms with Gasteiger partial charge in [0.15, 0.2) is 0 Å². The third kappa shape index (κ3) is 3.49. The topological polar surface area (TPSA) is 82.3 Å². The van der Waals surface area contributed by atoms with Crippen LogP contribution in [0.2, 0.25) is 0 Å². The summed E-state index contributed by atoms with van der Waals surface area (Å²) >= 11 is 0. The van der Waals surface area contributed by atoms with Gasteiger partial charge in [-0.3, -0.25) is 9.17 Å². The molecule has 0 aliphatic carbocycles. The van der Waals surface area contributed by atoms with Gasteiger partial charge in [-0.15, -0.1) is 0 Å². The Balaban J connectivity index is 2.71. The molecule has 5 nitrogen and oxygen atoms in total. The van der Waals surface area contributed by atoms with Crippen molar-refractivity contribution < 1.29 is 12.6 Å². The molecule has 0 unspecified atom stereocenters. The molecule has 1 aromatic rings. The van der Waals surface area contributed by atoms with E-state index in [2.05, 4.69) is 14.3 Å².